The molecule has 0 aliphatic heterocycles. The minimum atomic E-state index is -0.445. The maximum atomic E-state index is 12.9. The first-order chi connectivity index (χ1) is 7.16. The van der Waals surface area contributed by atoms with Crippen molar-refractivity contribution >= 4 is 17.3 Å². The van der Waals surface area contributed by atoms with Gasteiger partial charge in [-0.2, -0.15) is 0 Å². The largest absolute Gasteiger partial charge is 0.398 e. The lowest BCUT2D eigenvalue weighted by Gasteiger charge is -2.07. The molecule has 0 atom stereocenters. The molecule has 0 fully saturated rings. The number of anilines is 1. The third-order valence-electron chi connectivity index (χ3n) is 1.99. The van der Waals surface area contributed by atoms with Gasteiger partial charge in [-0.3, -0.25) is 0 Å². The molecule has 78 valence electrons. The minimum absolute atomic E-state index is 0.294. The van der Waals surface area contributed by atoms with Gasteiger partial charge in [-0.25, -0.2) is 9.07 Å². The van der Waals surface area contributed by atoms with Gasteiger partial charge in [-0.05, 0) is 12.1 Å². The first kappa shape index (κ1) is 9.92. The van der Waals surface area contributed by atoms with Crippen LogP contribution >= 0.6 is 11.6 Å². The molecule has 0 radical (unpaired) electrons. The van der Waals surface area contributed by atoms with E-state index in [1.54, 1.807) is 17.1 Å². The van der Waals surface area contributed by atoms with Gasteiger partial charge in [0.1, 0.15) is 5.82 Å². The third-order valence-corrected chi connectivity index (χ3v) is 2.32. The standard InChI is InChI=1S/C9H8ClFN4/c10-8-3-6(11)4-9(12)7(8)5-15-2-1-13-14-15/h1-4H,5,12H2. The maximum absolute atomic E-state index is 12.9. The molecular formula is C9H8ClFN4. The van der Waals surface area contributed by atoms with Gasteiger partial charge in [0, 0.05) is 17.4 Å². The average Bonchev–Trinajstić information content (AvgIpc) is 2.63. The van der Waals surface area contributed by atoms with Crippen molar-refractivity contribution in [2.45, 2.75) is 6.54 Å². The van der Waals surface area contributed by atoms with Gasteiger partial charge in [0.15, 0.2) is 0 Å². The molecule has 2 aromatic rings. The van der Waals surface area contributed by atoms with Crippen LogP contribution in [0.3, 0.4) is 0 Å². The van der Waals surface area contributed by atoms with Crippen LogP contribution in [0.2, 0.25) is 5.02 Å². The van der Waals surface area contributed by atoms with E-state index in [1.807, 2.05) is 0 Å². The Kier molecular flexibility index (Phi) is 2.55. The van der Waals surface area contributed by atoms with E-state index in [2.05, 4.69) is 10.3 Å². The zero-order valence-electron chi connectivity index (χ0n) is 7.69. The Bertz CT molecular complexity index is 446. The Balaban J connectivity index is 2.36. The lowest BCUT2D eigenvalue weighted by molar-refractivity contribution is 0.623. The Labute approximate surface area is 90.5 Å². The molecule has 0 unspecified atom stereocenters. The molecular weight excluding hydrogens is 219 g/mol. The van der Waals surface area contributed by atoms with Gasteiger partial charge in [-0.1, -0.05) is 16.8 Å². The molecule has 1 heterocycles. The van der Waals surface area contributed by atoms with Crippen LogP contribution < -0.4 is 5.73 Å². The summed E-state index contributed by atoms with van der Waals surface area (Å²) in [6, 6.07) is 2.46. The van der Waals surface area contributed by atoms with Gasteiger partial charge in [0.05, 0.1) is 17.8 Å². The molecule has 2 N–H and O–H groups in total. The third kappa shape index (κ3) is 2.07. The van der Waals surface area contributed by atoms with Crippen LogP contribution in [0.25, 0.3) is 0 Å². The highest BCUT2D eigenvalue weighted by molar-refractivity contribution is 6.31. The molecule has 0 saturated heterocycles. The van der Waals surface area contributed by atoms with Crippen molar-refractivity contribution < 1.29 is 4.39 Å². The topological polar surface area (TPSA) is 56.7 Å². The van der Waals surface area contributed by atoms with Crippen molar-refractivity contribution in [3.63, 3.8) is 0 Å². The lowest BCUT2D eigenvalue weighted by atomic mass is 10.2. The Morgan fingerprint density at radius 2 is 2.27 bits per heavy atom. The number of aromatic nitrogens is 3. The molecule has 2 rings (SSSR count). The fourth-order valence-corrected chi connectivity index (χ4v) is 1.54. The number of hydrogen-bond acceptors (Lipinski definition) is 3. The fraction of sp³-hybridized carbons (Fsp3) is 0.111. The van der Waals surface area contributed by atoms with Gasteiger partial charge >= 0.3 is 0 Å². The SMILES string of the molecule is Nc1cc(F)cc(Cl)c1Cn1ccnn1. The highest BCUT2D eigenvalue weighted by atomic mass is 35.5. The summed E-state index contributed by atoms with van der Waals surface area (Å²) in [4.78, 5) is 0. The van der Waals surface area contributed by atoms with Crippen molar-refractivity contribution in [3.05, 3.63) is 40.9 Å². The number of nitrogens with zero attached hydrogens (tertiary/aromatic N) is 3. The molecule has 15 heavy (non-hydrogen) atoms. The minimum Gasteiger partial charge on any atom is -0.398 e. The van der Waals surface area contributed by atoms with Gasteiger partial charge < -0.3 is 5.73 Å². The molecule has 0 saturated carbocycles. The second-order valence-corrected chi connectivity index (χ2v) is 3.46. The van der Waals surface area contributed by atoms with Crippen LogP contribution in [0, 0.1) is 5.82 Å². The molecule has 1 aromatic carbocycles. The molecule has 0 amide bonds. The van der Waals surface area contributed by atoms with Crippen molar-refractivity contribution in [2.75, 3.05) is 5.73 Å². The van der Waals surface area contributed by atoms with Gasteiger partial charge in [0.25, 0.3) is 0 Å². The predicted molar refractivity (Wildman–Crippen MR) is 54.9 cm³/mol. The van der Waals surface area contributed by atoms with Crippen LogP contribution in [0.1, 0.15) is 5.56 Å². The van der Waals surface area contributed by atoms with E-state index in [9.17, 15) is 4.39 Å². The van der Waals surface area contributed by atoms with Gasteiger partial charge in [-0.15, -0.1) is 5.10 Å². The smallest absolute Gasteiger partial charge is 0.126 e. The molecule has 0 spiro atoms. The van der Waals surface area contributed by atoms with Crippen LogP contribution in [-0.4, -0.2) is 15.0 Å². The Morgan fingerprint density at radius 3 is 2.87 bits per heavy atom. The number of nitrogen functional groups attached to an aromatic ring is 1. The summed E-state index contributed by atoms with van der Waals surface area (Å²) in [5, 5.41) is 7.72. The van der Waals surface area contributed by atoms with Crippen LogP contribution in [0.5, 0.6) is 0 Å². The van der Waals surface area contributed by atoms with Crippen molar-refractivity contribution in [2.24, 2.45) is 0 Å². The van der Waals surface area contributed by atoms with Crippen LogP contribution in [-0.2, 0) is 6.54 Å². The van der Waals surface area contributed by atoms with Crippen LogP contribution in [0.15, 0.2) is 24.5 Å². The molecule has 4 nitrogen and oxygen atoms in total. The van der Waals surface area contributed by atoms with Crippen molar-refractivity contribution in [1.29, 1.82) is 0 Å². The normalized spacial score (nSPS) is 10.5. The molecule has 0 aliphatic rings. The second kappa shape index (κ2) is 3.86. The second-order valence-electron chi connectivity index (χ2n) is 3.06. The summed E-state index contributed by atoms with van der Waals surface area (Å²) in [5.41, 5.74) is 6.61. The molecule has 0 bridgehead atoms. The summed E-state index contributed by atoms with van der Waals surface area (Å²) in [6.45, 7) is 0.380. The summed E-state index contributed by atoms with van der Waals surface area (Å²) in [7, 11) is 0. The maximum Gasteiger partial charge on any atom is 0.126 e. The molecule has 0 aliphatic carbocycles. The Morgan fingerprint density at radius 1 is 1.47 bits per heavy atom. The lowest BCUT2D eigenvalue weighted by Crippen LogP contribution is -2.05. The monoisotopic (exact) mass is 226 g/mol. The van der Waals surface area contributed by atoms with E-state index in [0.29, 0.717) is 22.8 Å². The van der Waals surface area contributed by atoms with Crippen molar-refractivity contribution in [1.82, 2.24) is 15.0 Å². The summed E-state index contributed by atoms with van der Waals surface area (Å²) < 4.78 is 14.5. The number of nitrogens with two attached hydrogens (primary N) is 1. The van der Waals surface area contributed by atoms with Gasteiger partial charge in [0.2, 0.25) is 0 Å². The zero-order valence-corrected chi connectivity index (χ0v) is 8.45. The van der Waals surface area contributed by atoms with E-state index in [4.69, 9.17) is 17.3 Å². The predicted octanol–water partition coefficient (Wildman–Crippen LogP) is 1.70. The molecule has 1 aromatic heterocycles. The fourth-order valence-electron chi connectivity index (χ4n) is 1.27. The summed E-state index contributed by atoms with van der Waals surface area (Å²) in [6.07, 6.45) is 3.23. The molecule has 6 heteroatoms. The Hall–Kier alpha value is -1.62. The summed E-state index contributed by atoms with van der Waals surface area (Å²) >= 11 is 5.87. The number of halogens is 2. The number of hydrogen-bond donors (Lipinski definition) is 1. The first-order valence-corrected chi connectivity index (χ1v) is 4.62. The number of benzene rings is 1. The van der Waals surface area contributed by atoms with E-state index in [-0.39, 0.29) is 0 Å². The van der Waals surface area contributed by atoms with E-state index in [0.717, 1.165) is 0 Å². The van der Waals surface area contributed by atoms with E-state index < -0.39 is 5.82 Å². The van der Waals surface area contributed by atoms with E-state index >= 15 is 0 Å². The quantitative estimate of drug-likeness (QED) is 0.793. The van der Waals surface area contributed by atoms with Crippen LogP contribution in [0.4, 0.5) is 10.1 Å². The highest BCUT2D eigenvalue weighted by Gasteiger charge is 2.08. The van der Waals surface area contributed by atoms with E-state index in [1.165, 1.54) is 12.1 Å². The highest BCUT2D eigenvalue weighted by Crippen LogP contribution is 2.24. The van der Waals surface area contributed by atoms with Crippen molar-refractivity contribution in [3.8, 4) is 0 Å². The summed E-state index contributed by atoms with van der Waals surface area (Å²) in [5.74, 6) is -0.445. The average molecular weight is 227 g/mol. The number of rotatable bonds is 2. The first-order valence-electron chi connectivity index (χ1n) is 4.24. The zero-order chi connectivity index (χ0) is 10.8.